The van der Waals surface area contributed by atoms with Crippen molar-refractivity contribution >= 4 is 5.91 Å². The molecule has 3 heteroatoms. The Morgan fingerprint density at radius 2 is 2.06 bits per heavy atom. The molecule has 0 saturated heterocycles. The van der Waals surface area contributed by atoms with Crippen LogP contribution in [0.3, 0.4) is 0 Å². The Hall–Kier alpha value is -1.25. The highest BCUT2D eigenvalue weighted by Gasteiger charge is 2.14. The lowest BCUT2D eigenvalue weighted by atomic mass is 10.1. The van der Waals surface area contributed by atoms with Crippen molar-refractivity contribution in [2.24, 2.45) is 0 Å². The third-order valence-electron chi connectivity index (χ3n) is 3.25. The first-order valence-corrected chi connectivity index (χ1v) is 6.25. The molecule has 1 heterocycles. The largest absolute Gasteiger partial charge is 0.367 e. The van der Waals surface area contributed by atoms with Gasteiger partial charge >= 0.3 is 0 Å². The molecule has 3 nitrogen and oxygen atoms in total. The molecule has 0 spiro atoms. The zero-order valence-corrected chi connectivity index (χ0v) is 9.67. The SMILES string of the molecule is O=C(Cc1cc[nH]c1)NC1CCCCCC1. The molecule has 1 aromatic heterocycles. The van der Waals surface area contributed by atoms with Crippen LogP contribution in [0.25, 0.3) is 0 Å². The first-order chi connectivity index (χ1) is 7.84. The van der Waals surface area contributed by atoms with Gasteiger partial charge < -0.3 is 10.3 Å². The summed E-state index contributed by atoms with van der Waals surface area (Å²) in [5.41, 5.74) is 1.06. The van der Waals surface area contributed by atoms with Gasteiger partial charge in [-0.3, -0.25) is 4.79 Å². The number of hydrogen-bond donors (Lipinski definition) is 2. The average molecular weight is 220 g/mol. The molecular weight excluding hydrogens is 200 g/mol. The third kappa shape index (κ3) is 3.40. The maximum absolute atomic E-state index is 11.8. The van der Waals surface area contributed by atoms with E-state index in [-0.39, 0.29) is 5.91 Å². The van der Waals surface area contributed by atoms with Crippen LogP contribution in [0, 0.1) is 0 Å². The smallest absolute Gasteiger partial charge is 0.224 e. The molecule has 0 aromatic carbocycles. The molecule has 0 atom stereocenters. The molecular formula is C13H20N2O. The standard InChI is InChI=1S/C13H20N2O/c16-13(9-11-7-8-14-10-11)15-12-5-3-1-2-4-6-12/h7-8,10,12,14H,1-6,9H2,(H,15,16). The maximum atomic E-state index is 11.8. The van der Waals surface area contributed by atoms with Gasteiger partial charge in [-0.05, 0) is 24.5 Å². The third-order valence-corrected chi connectivity index (χ3v) is 3.25. The Labute approximate surface area is 96.6 Å². The number of rotatable bonds is 3. The van der Waals surface area contributed by atoms with E-state index in [1.165, 1.54) is 25.7 Å². The normalized spacial score (nSPS) is 18.0. The molecule has 88 valence electrons. The van der Waals surface area contributed by atoms with Gasteiger partial charge in [0.2, 0.25) is 5.91 Å². The molecule has 1 aliphatic carbocycles. The fraction of sp³-hybridized carbons (Fsp3) is 0.615. The molecule has 0 bridgehead atoms. The second-order valence-electron chi connectivity index (χ2n) is 4.65. The summed E-state index contributed by atoms with van der Waals surface area (Å²) in [5.74, 6) is 0.159. The lowest BCUT2D eigenvalue weighted by Gasteiger charge is -2.15. The second-order valence-corrected chi connectivity index (χ2v) is 4.65. The summed E-state index contributed by atoms with van der Waals surface area (Å²) in [6.07, 6.45) is 11.7. The van der Waals surface area contributed by atoms with E-state index in [1.807, 2.05) is 18.5 Å². The first kappa shape index (κ1) is 11.2. The fourth-order valence-corrected chi connectivity index (χ4v) is 2.36. The number of aromatic nitrogens is 1. The topological polar surface area (TPSA) is 44.9 Å². The summed E-state index contributed by atoms with van der Waals surface area (Å²) in [5, 5.41) is 3.14. The minimum Gasteiger partial charge on any atom is -0.367 e. The lowest BCUT2D eigenvalue weighted by Crippen LogP contribution is -2.35. The van der Waals surface area contributed by atoms with Gasteiger partial charge in [-0.15, -0.1) is 0 Å². The van der Waals surface area contributed by atoms with Crippen molar-refractivity contribution < 1.29 is 4.79 Å². The van der Waals surface area contributed by atoms with Crippen LogP contribution in [-0.2, 0) is 11.2 Å². The van der Waals surface area contributed by atoms with E-state index >= 15 is 0 Å². The summed E-state index contributed by atoms with van der Waals surface area (Å²) in [6, 6.07) is 2.36. The van der Waals surface area contributed by atoms with E-state index in [2.05, 4.69) is 10.3 Å². The van der Waals surface area contributed by atoms with Crippen LogP contribution in [0.15, 0.2) is 18.5 Å². The number of H-pyrrole nitrogens is 1. The van der Waals surface area contributed by atoms with E-state index < -0.39 is 0 Å². The highest BCUT2D eigenvalue weighted by Crippen LogP contribution is 2.17. The summed E-state index contributed by atoms with van der Waals surface area (Å²) < 4.78 is 0. The van der Waals surface area contributed by atoms with Crippen LogP contribution in [0.5, 0.6) is 0 Å². The van der Waals surface area contributed by atoms with E-state index in [1.54, 1.807) is 0 Å². The van der Waals surface area contributed by atoms with Gasteiger partial charge in [-0.1, -0.05) is 25.7 Å². The Morgan fingerprint density at radius 1 is 1.31 bits per heavy atom. The van der Waals surface area contributed by atoms with Crippen LogP contribution in [0.4, 0.5) is 0 Å². The molecule has 1 fully saturated rings. The lowest BCUT2D eigenvalue weighted by molar-refractivity contribution is -0.121. The Bertz CT molecular complexity index is 311. The monoisotopic (exact) mass is 220 g/mol. The molecule has 0 unspecified atom stereocenters. The number of carbonyl (C=O) groups excluding carboxylic acids is 1. The minimum absolute atomic E-state index is 0.159. The average Bonchev–Trinajstić information content (AvgIpc) is 2.62. The van der Waals surface area contributed by atoms with Gasteiger partial charge in [-0.25, -0.2) is 0 Å². The molecule has 1 amide bonds. The fourth-order valence-electron chi connectivity index (χ4n) is 2.36. The Kier molecular flexibility index (Phi) is 4.03. The van der Waals surface area contributed by atoms with Crippen molar-refractivity contribution in [1.29, 1.82) is 0 Å². The predicted octanol–water partition coefficient (Wildman–Crippen LogP) is 2.40. The highest BCUT2D eigenvalue weighted by molar-refractivity contribution is 5.78. The van der Waals surface area contributed by atoms with E-state index in [9.17, 15) is 4.79 Å². The summed E-state index contributed by atoms with van der Waals surface area (Å²) in [4.78, 5) is 14.7. The number of carbonyl (C=O) groups is 1. The van der Waals surface area contributed by atoms with Crippen LogP contribution in [0.1, 0.15) is 44.1 Å². The van der Waals surface area contributed by atoms with E-state index in [4.69, 9.17) is 0 Å². The van der Waals surface area contributed by atoms with Crippen molar-refractivity contribution in [3.63, 3.8) is 0 Å². The molecule has 2 rings (SSSR count). The van der Waals surface area contributed by atoms with Gasteiger partial charge in [-0.2, -0.15) is 0 Å². The van der Waals surface area contributed by atoms with Crippen LogP contribution in [0.2, 0.25) is 0 Å². The van der Waals surface area contributed by atoms with E-state index in [0.717, 1.165) is 18.4 Å². The maximum Gasteiger partial charge on any atom is 0.224 e. The number of aromatic amines is 1. The highest BCUT2D eigenvalue weighted by atomic mass is 16.1. The zero-order chi connectivity index (χ0) is 11.2. The van der Waals surface area contributed by atoms with Crippen molar-refractivity contribution in [2.45, 2.75) is 51.0 Å². The number of hydrogen-bond acceptors (Lipinski definition) is 1. The number of nitrogens with one attached hydrogen (secondary N) is 2. The van der Waals surface area contributed by atoms with Crippen molar-refractivity contribution in [3.8, 4) is 0 Å². The molecule has 16 heavy (non-hydrogen) atoms. The Morgan fingerprint density at radius 3 is 2.69 bits per heavy atom. The van der Waals surface area contributed by atoms with Gasteiger partial charge in [0.25, 0.3) is 0 Å². The van der Waals surface area contributed by atoms with E-state index in [0.29, 0.717) is 12.5 Å². The molecule has 1 saturated carbocycles. The Balaban J connectivity index is 1.77. The van der Waals surface area contributed by atoms with Gasteiger partial charge in [0.15, 0.2) is 0 Å². The van der Waals surface area contributed by atoms with Crippen molar-refractivity contribution in [1.82, 2.24) is 10.3 Å². The van der Waals surface area contributed by atoms with Crippen LogP contribution < -0.4 is 5.32 Å². The quantitative estimate of drug-likeness (QED) is 0.755. The van der Waals surface area contributed by atoms with Crippen LogP contribution in [-0.4, -0.2) is 16.9 Å². The molecule has 0 radical (unpaired) electrons. The van der Waals surface area contributed by atoms with Gasteiger partial charge in [0.1, 0.15) is 0 Å². The summed E-state index contributed by atoms with van der Waals surface area (Å²) >= 11 is 0. The molecule has 2 N–H and O–H groups in total. The zero-order valence-electron chi connectivity index (χ0n) is 9.67. The first-order valence-electron chi connectivity index (χ1n) is 6.25. The molecule has 1 aliphatic rings. The van der Waals surface area contributed by atoms with Gasteiger partial charge in [0, 0.05) is 18.4 Å². The summed E-state index contributed by atoms with van der Waals surface area (Å²) in [7, 11) is 0. The minimum atomic E-state index is 0.159. The molecule has 0 aliphatic heterocycles. The molecule has 1 aromatic rings. The van der Waals surface area contributed by atoms with Crippen LogP contribution >= 0.6 is 0 Å². The predicted molar refractivity (Wildman–Crippen MR) is 64.1 cm³/mol. The summed E-state index contributed by atoms with van der Waals surface area (Å²) in [6.45, 7) is 0. The second kappa shape index (κ2) is 5.73. The number of amides is 1. The van der Waals surface area contributed by atoms with Gasteiger partial charge in [0.05, 0.1) is 6.42 Å². The van der Waals surface area contributed by atoms with Crippen molar-refractivity contribution in [3.05, 3.63) is 24.0 Å². The van der Waals surface area contributed by atoms with Crippen molar-refractivity contribution in [2.75, 3.05) is 0 Å².